The number of fused-ring (bicyclic) bond motifs is 1. The summed E-state index contributed by atoms with van der Waals surface area (Å²) in [6.07, 6.45) is 2.15. The van der Waals surface area contributed by atoms with Crippen LogP contribution in [0.2, 0.25) is 10.0 Å². The van der Waals surface area contributed by atoms with Gasteiger partial charge in [0.25, 0.3) is 0 Å². The van der Waals surface area contributed by atoms with E-state index < -0.39 is 0 Å². The first kappa shape index (κ1) is 14.6. The first-order valence-corrected chi connectivity index (χ1v) is 7.82. The van der Waals surface area contributed by atoms with Crippen molar-refractivity contribution in [1.29, 1.82) is 0 Å². The summed E-state index contributed by atoms with van der Waals surface area (Å²) in [7, 11) is 3.98. The van der Waals surface area contributed by atoms with E-state index in [1.54, 1.807) is 0 Å². The summed E-state index contributed by atoms with van der Waals surface area (Å²) in [5.41, 5.74) is 4.77. The van der Waals surface area contributed by atoms with Crippen molar-refractivity contribution in [1.82, 2.24) is 0 Å². The van der Waals surface area contributed by atoms with Crippen LogP contribution in [0.5, 0.6) is 0 Å². The smallest absolute Gasteiger partial charge is 0.0659 e. The Balaban J connectivity index is 1.81. The molecule has 3 rings (SSSR count). The highest BCUT2D eigenvalue weighted by molar-refractivity contribution is 6.33. The monoisotopic (exact) mass is 320 g/mol. The van der Waals surface area contributed by atoms with Gasteiger partial charge in [0, 0.05) is 24.8 Å². The molecule has 0 saturated heterocycles. The molecule has 2 nitrogen and oxygen atoms in total. The minimum atomic E-state index is 0.332. The van der Waals surface area contributed by atoms with Gasteiger partial charge >= 0.3 is 0 Å². The Morgan fingerprint density at radius 1 is 1.10 bits per heavy atom. The number of halogens is 2. The largest absolute Gasteiger partial charge is 0.378 e. The summed E-state index contributed by atoms with van der Waals surface area (Å²) in [6.45, 7) is 0. The molecule has 0 aliphatic heterocycles. The van der Waals surface area contributed by atoms with Crippen LogP contribution >= 0.6 is 23.2 Å². The second-order valence-corrected chi connectivity index (χ2v) is 6.48. The third-order valence-corrected chi connectivity index (χ3v) is 4.49. The zero-order chi connectivity index (χ0) is 15.0. The van der Waals surface area contributed by atoms with Crippen LogP contribution < -0.4 is 10.2 Å². The molecule has 1 aliphatic rings. The van der Waals surface area contributed by atoms with Gasteiger partial charge in [0.1, 0.15) is 0 Å². The molecule has 2 aromatic rings. The molecule has 0 amide bonds. The average Bonchev–Trinajstić information content (AvgIpc) is 2.80. The van der Waals surface area contributed by atoms with Gasteiger partial charge in [-0.2, -0.15) is 0 Å². The van der Waals surface area contributed by atoms with E-state index in [0.29, 0.717) is 6.04 Å². The normalized spacial score (nSPS) is 16.7. The molecule has 0 saturated carbocycles. The maximum Gasteiger partial charge on any atom is 0.0659 e. The van der Waals surface area contributed by atoms with E-state index in [-0.39, 0.29) is 0 Å². The molecule has 0 spiro atoms. The molecule has 21 heavy (non-hydrogen) atoms. The Morgan fingerprint density at radius 2 is 1.90 bits per heavy atom. The van der Waals surface area contributed by atoms with E-state index in [2.05, 4.69) is 23.5 Å². The van der Waals surface area contributed by atoms with Crippen molar-refractivity contribution in [3.05, 3.63) is 57.6 Å². The van der Waals surface area contributed by atoms with Crippen LogP contribution in [0.4, 0.5) is 11.4 Å². The fourth-order valence-corrected chi connectivity index (χ4v) is 3.44. The number of rotatable bonds is 3. The zero-order valence-corrected chi connectivity index (χ0v) is 13.7. The number of nitrogens with zero attached hydrogens (tertiary/aromatic N) is 1. The highest BCUT2D eigenvalue weighted by Gasteiger charge is 2.22. The molecule has 0 heterocycles. The van der Waals surface area contributed by atoms with Crippen molar-refractivity contribution >= 4 is 34.6 Å². The molecular weight excluding hydrogens is 303 g/mol. The predicted molar refractivity (Wildman–Crippen MR) is 91.9 cm³/mol. The fourth-order valence-electron chi connectivity index (χ4n) is 2.90. The lowest BCUT2D eigenvalue weighted by Crippen LogP contribution is -2.10. The highest BCUT2D eigenvalue weighted by atomic mass is 35.5. The van der Waals surface area contributed by atoms with Gasteiger partial charge in [-0.15, -0.1) is 0 Å². The maximum atomic E-state index is 6.33. The Hall–Kier alpha value is -1.38. The summed E-state index contributed by atoms with van der Waals surface area (Å²) in [5, 5.41) is 5.15. The minimum Gasteiger partial charge on any atom is -0.378 e. The lowest BCUT2D eigenvalue weighted by molar-refractivity contribution is 0.762. The predicted octanol–water partition coefficient (Wildman–Crippen LogP) is 5.16. The topological polar surface area (TPSA) is 15.3 Å². The third kappa shape index (κ3) is 2.97. The van der Waals surface area contributed by atoms with Crippen LogP contribution in [-0.2, 0) is 6.42 Å². The van der Waals surface area contributed by atoms with E-state index in [0.717, 1.165) is 34.3 Å². The van der Waals surface area contributed by atoms with Crippen molar-refractivity contribution in [2.45, 2.75) is 18.9 Å². The molecule has 110 valence electrons. The molecule has 1 N–H and O–H groups in total. The van der Waals surface area contributed by atoms with Crippen molar-refractivity contribution < 1.29 is 0 Å². The first-order valence-electron chi connectivity index (χ1n) is 7.06. The van der Waals surface area contributed by atoms with Crippen LogP contribution in [0.25, 0.3) is 0 Å². The maximum absolute atomic E-state index is 6.33. The van der Waals surface area contributed by atoms with Gasteiger partial charge < -0.3 is 10.2 Å². The Bertz CT molecular complexity index is 668. The molecule has 1 aliphatic carbocycles. The van der Waals surface area contributed by atoms with Crippen LogP contribution in [0.3, 0.4) is 0 Å². The Kier molecular flexibility index (Phi) is 4.01. The van der Waals surface area contributed by atoms with E-state index in [4.69, 9.17) is 23.2 Å². The van der Waals surface area contributed by atoms with Gasteiger partial charge in [-0.1, -0.05) is 29.3 Å². The fraction of sp³-hybridized carbons (Fsp3) is 0.294. The second-order valence-electron chi connectivity index (χ2n) is 5.64. The number of aryl methyl sites for hydroxylation is 1. The number of anilines is 2. The van der Waals surface area contributed by atoms with Gasteiger partial charge in [0.2, 0.25) is 0 Å². The van der Waals surface area contributed by atoms with E-state index in [9.17, 15) is 0 Å². The van der Waals surface area contributed by atoms with E-state index in [1.807, 2.05) is 37.2 Å². The Morgan fingerprint density at radius 3 is 2.62 bits per heavy atom. The van der Waals surface area contributed by atoms with Gasteiger partial charge in [0.15, 0.2) is 0 Å². The lowest BCUT2D eigenvalue weighted by atomic mass is 10.1. The molecule has 0 bridgehead atoms. The van der Waals surface area contributed by atoms with Crippen LogP contribution in [0.1, 0.15) is 23.6 Å². The summed E-state index contributed by atoms with van der Waals surface area (Å²) in [4.78, 5) is 2.01. The molecule has 0 fully saturated rings. The van der Waals surface area contributed by atoms with Crippen LogP contribution in [0, 0.1) is 0 Å². The molecule has 1 unspecified atom stereocenters. The molecule has 0 aromatic heterocycles. The highest BCUT2D eigenvalue weighted by Crippen LogP contribution is 2.36. The lowest BCUT2D eigenvalue weighted by Gasteiger charge is -2.19. The molecule has 0 radical (unpaired) electrons. The quantitative estimate of drug-likeness (QED) is 0.840. The Labute approximate surface area is 135 Å². The van der Waals surface area contributed by atoms with E-state index in [1.165, 1.54) is 11.1 Å². The zero-order valence-electron chi connectivity index (χ0n) is 12.2. The first-order chi connectivity index (χ1) is 10.0. The number of hydrogen-bond acceptors (Lipinski definition) is 2. The number of hydrogen-bond donors (Lipinski definition) is 1. The standard InChI is InChI=1S/C17H18Cl2N2/c1-21(2)17-8-5-13(10-15(17)19)20-16-7-3-11-9-12(18)4-6-14(11)16/h4-6,8-10,16,20H,3,7H2,1-2H3. The van der Waals surface area contributed by atoms with Crippen LogP contribution in [-0.4, -0.2) is 14.1 Å². The number of nitrogens with one attached hydrogen (secondary N) is 1. The number of benzene rings is 2. The summed E-state index contributed by atoms with van der Waals surface area (Å²) in [5.74, 6) is 0. The molecule has 2 aromatic carbocycles. The minimum absolute atomic E-state index is 0.332. The van der Waals surface area contributed by atoms with Gasteiger partial charge in [-0.3, -0.25) is 0 Å². The summed E-state index contributed by atoms with van der Waals surface area (Å²) >= 11 is 12.4. The average molecular weight is 321 g/mol. The van der Waals surface area contributed by atoms with Gasteiger partial charge in [-0.25, -0.2) is 0 Å². The third-order valence-electron chi connectivity index (χ3n) is 3.95. The van der Waals surface area contributed by atoms with Crippen molar-refractivity contribution in [2.75, 3.05) is 24.3 Å². The summed E-state index contributed by atoms with van der Waals surface area (Å²) in [6, 6.07) is 12.6. The molecule has 1 atom stereocenters. The summed E-state index contributed by atoms with van der Waals surface area (Å²) < 4.78 is 0. The van der Waals surface area contributed by atoms with Crippen molar-refractivity contribution in [3.8, 4) is 0 Å². The van der Waals surface area contributed by atoms with Crippen molar-refractivity contribution in [3.63, 3.8) is 0 Å². The molecule has 4 heteroatoms. The van der Waals surface area contributed by atoms with E-state index >= 15 is 0 Å². The van der Waals surface area contributed by atoms with Gasteiger partial charge in [-0.05, 0) is 54.3 Å². The van der Waals surface area contributed by atoms with Gasteiger partial charge in [0.05, 0.1) is 16.8 Å². The SMILES string of the molecule is CN(C)c1ccc(NC2CCc3cc(Cl)ccc32)cc1Cl. The molecular formula is C17H18Cl2N2. The van der Waals surface area contributed by atoms with Crippen molar-refractivity contribution in [2.24, 2.45) is 0 Å². The second kappa shape index (κ2) is 5.78. The van der Waals surface area contributed by atoms with Crippen LogP contribution in [0.15, 0.2) is 36.4 Å².